The van der Waals surface area contributed by atoms with Gasteiger partial charge in [0.1, 0.15) is 42.3 Å². The minimum absolute atomic E-state index is 0.0631. The van der Waals surface area contributed by atoms with Gasteiger partial charge in [-0.2, -0.15) is 0 Å². The van der Waals surface area contributed by atoms with Crippen LogP contribution in [0.3, 0.4) is 0 Å². The Balaban J connectivity index is 2.28. The summed E-state index contributed by atoms with van der Waals surface area (Å²) in [4.78, 5) is 123. The lowest BCUT2D eigenvalue weighted by Gasteiger charge is -2.26. The lowest BCUT2D eigenvalue weighted by atomic mass is 10.0. The third-order valence-electron chi connectivity index (χ3n) is 9.03. The molecule has 25 nitrogen and oxygen atoms in total. The number of carboxylic acid groups (broad SMARTS) is 1. The van der Waals surface area contributed by atoms with E-state index in [-0.39, 0.29) is 38.2 Å². The predicted molar refractivity (Wildman–Crippen MR) is 218 cm³/mol. The second kappa shape index (κ2) is 26.1. The molecule has 1 heterocycles. The summed E-state index contributed by atoms with van der Waals surface area (Å²) in [6.45, 7) is 0.612. The molecule has 62 heavy (non-hydrogen) atoms. The number of guanidine groups is 1. The van der Waals surface area contributed by atoms with Crippen molar-refractivity contribution < 1.29 is 53.4 Å². The fourth-order valence-corrected chi connectivity index (χ4v) is 5.63. The Bertz CT molecular complexity index is 1870. The molecule has 0 aliphatic rings. The van der Waals surface area contributed by atoms with Gasteiger partial charge in [-0.3, -0.25) is 43.8 Å². The van der Waals surface area contributed by atoms with Gasteiger partial charge in [-0.05, 0) is 38.2 Å². The topological polar surface area (TPSA) is 435 Å². The zero-order valence-electron chi connectivity index (χ0n) is 34.0. The van der Waals surface area contributed by atoms with Gasteiger partial charge in [-0.15, -0.1) is 0 Å². The first kappa shape index (κ1) is 51.0. The Morgan fingerprint density at radius 3 is 1.69 bits per heavy atom. The number of carboxylic acids is 1. The summed E-state index contributed by atoms with van der Waals surface area (Å²) in [7, 11) is 0. The molecule has 8 amide bonds. The van der Waals surface area contributed by atoms with Crippen molar-refractivity contribution in [3.63, 3.8) is 0 Å². The molecule has 19 N–H and O–H groups in total. The van der Waals surface area contributed by atoms with Crippen molar-refractivity contribution in [3.05, 3.63) is 54.1 Å². The van der Waals surface area contributed by atoms with Crippen molar-refractivity contribution in [2.24, 2.45) is 22.9 Å². The van der Waals surface area contributed by atoms with Gasteiger partial charge in [-0.25, -0.2) is 9.78 Å². The van der Waals surface area contributed by atoms with Crippen LogP contribution in [0, 0.1) is 5.41 Å². The summed E-state index contributed by atoms with van der Waals surface area (Å²) >= 11 is 0. The van der Waals surface area contributed by atoms with E-state index in [0.717, 1.165) is 0 Å². The van der Waals surface area contributed by atoms with E-state index in [1.165, 1.54) is 19.4 Å². The molecule has 1 aromatic carbocycles. The predicted octanol–water partition coefficient (Wildman–Crippen LogP) is -5.68. The second-order valence-electron chi connectivity index (χ2n) is 14.1. The average molecular weight is 873 g/mol. The van der Waals surface area contributed by atoms with Crippen molar-refractivity contribution >= 4 is 59.2 Å². The summed E-state index contributed by atoms with van der Waals surface area (Å²) in [5, 5.41) is 43.5. The molecule has 340 valence electrons. The number of aliphatic hydroxyl groups excluding tert-OH is 1. The quantitative estimate of drug-likeness (QED) is 0.0215. The van der Waals surface area contributed by atoms with E-state index in [1.54, 1.807) is 30.3 Å². The summed E-state index contributed by atoms with van der Waals surface area (Å²) in [5.41, 5.74) is 22.5. The van der Waals surface area contributed by atoms with Crippen LogP contribution in [0.2, 0.25) is 0 Å². The third-order valence-corrected chi connectivity index (χ3v) is 9.03. The number of nitrogens with two attached hydrogens (primary N) is 4. The van der Waals surface area contributed by atoms with Gasteiger partial charge < -0.3 is 75.3 Å². The number of carbonyl (C=O) groups is 9. The molecule has 0 saturated heterocycles. The highest BCUT2D eigenvalue weighted by Crippen LogP contribution is 2.08. The molecule has 0 bridgehead atoms. The molecule has 2 rings (SSSR count). The van der Waals surface area contributed by atoms with Crippen LogP contribution >= 0.6 is 0 Å². The molecule has 7 atom stereocenters. The lowest BCUT2D eigenvalue weighted by molar-refractivity contribution is -0.142. The summed E-state index contributed by atoms with van der Waals surface area (Å²) in [5.74, 6) is -9.09. The van der Waals surface area contributed by atoms with Gasteiger partial charge in [0.05, 0.1) is 18.6 Å². The van der Waals surface area contributed by atoms with Crippen molar-refractivity contribution in [2.75, 3.05) is 13.2 Å². The van der Waals surface area contributed by atoms with Gasteiger partial charge in [0.15, 0.2) is 5.96 Å². The van der Waals surface area contributed by atoms with Crippen LogP contribution < -0.4 is 60.2 Å². The number of hydrogen-bond acceptors (Lipinski definition) is 13. The molecule has 0 aliphatic carbocycles. The number of aromatic amines is 1. The van der Waals surface area contributed by atoms with Crippen molar-refractivity contribution in [1.29, 1.82) is 5.41 Å². The number of aliphatic hydroxyl groups is 1. The molecule has 0 fully saturated rings. The molecular formula is C37H56N14O11. The Labute approximate surface area is 355 Å². The third kappa shape index (κ3) is 18.8. The molecule has 0 spiro atoms. The van der Waals surface area contributed by atoms with E-state index in [2.05, 4.69) is 47.2 Å². The number of aromatic nitrogens is 2. The number of aliphatic carboxylic acids is 1. The Kier molecular flexibility index (Phi) is 21.5. The highest BCUT2D eigenvalue weighted by molar-refractivity contribution is 5.97. The van der Waals surface area contributed by atoms with Crippen molar-refractivity contribution in [3.8, 4) is 0 Å². The van der Waals surface area contributed by atoms with Crippen LogP contribution in [0.1, 0.15) is 56.7 Å². The van der Waals surface area contributed by atoms with E-state index < -0.39 is 128 Å². The molecule has 0 radical (unpaired) electrons. The summed E-state index contributed by atoms with van der Waals surface area (Å²) < 4.78 is 0. The Morgan fingerprint density at radius 2 is 1.19 bits per heavy atom. The molecule has 0 saturated carbocycles. The number of amides is 8. The molecule has 0 unspecified atom stereocenters. The minimum atomic E-state index is -1.58. The zero-order valence-corrected chi connectivity index (χ0v) is 34.0. The maximum Gasteiger partial charge on any atom is 0.326 e. The number of benzene rings is 1. The normalized spacial score (nSPS) is 14.2. The number of H-pyrrole nitrogens is 1. The Hall–Kier alpha value is -7.15. The van der Waals surface area contributed by atoms with E-state index in [4.69, 9.17) is 28.3 Å². The van der Waals surface area contributed by atoms with Crippen LogP contribution in [-0.2, 0) is 56.0 Å². The second-order valence-corrected chi connectivity index (χ2v) is 14.1. The monoisotopic (exact) mass is 872 g/mol. The van der Waals surface area contributed by atoms with Gasteiger partial charge >= 0.3 is 5.97 Å². The molecule has 0 aliphatic heterocycles. The zero-order chi connectivity index (χ0) is 46.4. The maximum absolute atomic E-state index is 13.7. The largest absolute Gasteiger partial charge is 0.480 e. The van der Waals surface area contributed by atoms with Gasteiger partial charge in [0, 0.05) is 38.4 Å². The van der Waals surface area contributed by atoms with Crippen molar-refractivity contribution in [1.82, 2.24) is 47.2 Å². The van der Waals surface area contributed by atoms with E-state index >= 15 is 0 Å². The van der Waals surface area contributed by atoms with Gasteiger partial charge in [0.25, 0.3) is 0 Å². The molecule has 2 aromatic rings. The van der Waals surface area contributed by atoms with Crippen LogP contribution in [0.4, 0.5) is 0 Å². The maximum atomic E-state index is 13.7. The first-order chi connectivity index (χ1) is 29.3. The van der Waals surface area contributed by atoms with Gasteiger partial charge in [-0.1, -0.05) is 30.3 Å². The number of primary amides is 2. The van der Waals surface area contributed by atoms with Crippen LogP contribution in [0.25, 0.3) is 0 Å². The minimum Gasteiger partial charge on any atom is -0.480 e. The lowest BCUT2D eigenvalue weighted by Crippen LogP contribution is -2.60. The average Bonchev–Trinajstić information content (AvgIpc) is 3.74. The number of rotatable bonds is 28. The fourth-order valence-electron chi connectivity index (χ4n) is 5.63. The standard InChI is InChI=1S/C37H56N14O11/c1-19(30(55)47-23(8-5-13-44-37(41)42)33(58)51-27(36(61)62)14-20-6-3-2-4-7-20)46-32(57)24(9-11-28(39)53)48-34(59)25(10-12-29(40)54)49-35(60)26(15-21-16-43-18-45-21)50-31(56)22(38)17-52/h2-4,6-7,16,18-19,22-27,52H,5,8-15,17,38H2,1H3,(H2,39,53)(H2,40,54)(H,43,45)(H,46,57)(H,47,55)(H,48,59)(H,49,60)(H,50,56)(H,51,58)(H,61,62)(H4,41,42,44)/t19-,22-,23-,24-,25-,26-,27-/m0/s1. The van der Waals surface area contributed by atoms with E-state index in [1.807, 2.05) is 0 Å². The Morgan fingerprint density at radius 1 is 0.694 bits per heavy atom. The van der Waals surface area contributed by atoms with Crippen LogP contribution in [-0.4, -0.2) is 135 Å². The summed E-state index contributed by atoms with van der Waals surface area (Å²) in [6.07, 6.45) is 0.907. The van der Waals surface area contributed by atoms with Crippen LogP contribution in [0.5, 0.6) is 0 Å². The smallest absolute Gasteiger partial charge is 0.326 e. The number of carbonyl (C=O) groups excluding carboxylic acids is 8. The van der Waals surface area contributed by atoms with Crippen molar-refractivity contribution in [2.45, 2.75) is 101 Å². The SMILES string of the molecule is C[C@H](NC(=O)[C@H](CCC(N)=O)NC(=O)[C@H](CCC(N)=O)NC(=O)[C@H](Cc1c[nH]cn1)NC(=O)[C@@H](N)CO)C(=O)N[C@@H](CCCNC(=N)N)C(=O)N[C@@H](Cc1ccccc1)C(=O)O. The van der Waals surface area contributed by atoms with E-state index in [0.29, 0.717) is 11.3 Å². The number of imidazole rings is 1. The van der Waals surface area contributed by atoms with Crippen LogP contribution in [0.15, 0.2) is 42.9 Å². The number of hydrogen-bond donors (Lipinski definition) is 15. The highest BCUT2D eigenvalue weighted by atomic mass is 16.4. The molecule has 25 heteroatoms. The number of nitrogens with one attached hydrogen (secondary N) is 9. The fraction of sp³-hybridized carbons (Fsp3) is 0.486. The van der Waals surface area contributed by atoms with E-state index in [9.17, 15) is 53.4 Å². The summed E-state index contributed by atoms with van der Waals surface area (Å²) in [6, 6.07) is -1.61. The highest BCUT2D eigenvalue weighted by Gasteiger charge is 2.33. The molecule has 1 aromatic heterocycles. The first-order valence-corrected chi connectivity index (χ1v) is 19.4. The van der Waals surface area contributed by atoms with Gasteiger partial charge in [0.2, 0.25) is 47.3 Å². The first-order valence-electron chi connectivity index (χ1n) is 19.4. The molecular weight excluding hydrogens is 816 g/mol. The number of nitrogens with zero attached hydrogens (tertiary/aromatic N) is 1.